The molecule has 1 aliphatic heterocycles. The van der Waals surface area contributed by atoms with E-state index >= 15 is 0 Å². The predicted molar refractivity (Wildman–Crippen MR) is 89.1 cm³/mol. The molecule has 23 heavy (non-hydrogen) atoms. The zero-order valence-corrected chi connectivity index (χ0v) is 12.4. The quantitative estimate of drug-likeness (QED) is 0.696. The van der Waals surface area contributed by atoms with Gasteiger partial charge in [-0.3, -0.25) is 0 Å². The molecule has 1 aliphatic rings. The predicted octanol–water partition coefficient (Wildman–Crippen LogP) is 2.53. The van der Waals surface area contributed by atoms with Crippen LogP contribution in [0.15, 0.2) is 72.0 Å². The Balaban J connectivity index is 2.03. The highest BCUT2D eigenvalue weighted by Crippen LogP contribution is 2.24. The van der Waals surface area contributed by atoms with Crippen LogP contribution in [0.1, 0.15) is 11.1 Å². The van der Waals surface area contributed by atoms with Crippen molar-refractivity contribution in [1.29, 1.82) is 0 Å². The van der Waals surface area contributed by atoms with Crippen LogP contribution in [0.3, 0.4) is 0 Å². The molecular weight excluding hydrogens is 292 g/mol. The van der Waals surface area contributed by atoms with E-state index in [1.807, 2.05) is 66.9 Å². The van der Waals surface area contributed by atoms with Gasteiger partial charge in [0.05, 0.1) is 0 Å². The molecule has 0 aliphatic carbocycles. The molecule has 1 heterocycles. The summed E-state index contributed by atoms with van der Waals surface area (Å²) in [6.45, 7) is 1.26. The van der Waals surface area contributed by atoms with Gasteiger partial charge >= 0.3 is 0 Å². The van der Waals surface area contributed by atoms with Gasteiger partial charge in [-0.2, -0.15) is 0 Å². The van der Waals surface area contributed by atoms with E-state index in [0.29, 0.717) is 13.1 Å². The first-order valence-electron chi connectivity index (χ1n) is 7.30. The van der Waals surface area contributed by atoms with Gasteiger partial charge in [0.2, 0.25) is 0 Å². The number of hydrazone groups is 1. The van der Waals surface area contributed by atoms with E-state index in [1.165, 1.54) is 0 Å². The molecule has 3 rings (SSSR count). The van der Waals surface area contributed by atoms with Gasteiger partial charge < -0.3 is 10.2 Å². The highest BCUT2D eigenvalue weighted by atomic mass is 16.7. The minimum atomic E-state index is -0.681. The molecule has 116 valence electrons. The standard InChI is InChI=1S/C17H16N4O2/c22-21(23)19-17-18-11-12-20(17)13-16(14-7-3-1-4-8-14)15-9-5-2-6-10-15/h1-10,13H,11-12H2,(H,18,19). The summed E-state index contributed by atoms with van der Waals surface area (Å²) in [7, 11) is 0. The van der Waals surface area contributed by atoms with Gasteiger partial charge in [0, 0.05) is 24.9 Å². The highest BCUT2D eigenvalue weighted by molar-refractivity contribution is 5.86. The van der Waals surface area contributed by atoms with E-state index in [0.717, 1.165) is 16.7 Å². The zero-order valence-electron chi connectivity index (χ0n) is 12.4. The van der Waals surface area contributed by atoms with Crippen LogP contribution in [0.5, 0.6) is 0 Å². The number of rotatable bonds is 4. The Bertz CT molecular complexity index is 700. The lowest BCUT2D eigenvalue weighted by Gasteiger charge is -2.15. The third-order valence-electron chi connectivity index (χ3n) is 3.54. The van der Waals surface area contributed by atoms with Crippen molar-refractivity contribution in [2.75, 3.05) is 13.1 Å². The van der Waals surface area contributed by atoms with Gasteiger partial charge in [-0.15, -0.1) is 0 Å². The Morgan fingerprint density at radius 1 is 1.09 bits per heavy atom. The molecule has 0 bridgehead atoms. The molecule has 0 unspecified atom stereocenters. The lowest BCUT2D eigenvalue weighted by Crippen LogP contribution is -2.27. The highest BCUT2D eigenvalue weighted by Gasteiger charge is 2.21. The van der Waals surface area contributed by atoms with Gasteiger partial charge in [0.1, 0.15) is 5.10 Å². The van der Waals surface area contributed by atoms with E-state index in [-0.39, 0.29) is 5.96 Å². The fraction of sp³-hybridized carbons (Fsp3) is 0.118. The number of guanidine groups is 1. The Kier molecular flexibility index (Phi) is 4.33. The third-order valence-corrected chi connectivity index (χ3v) is 3.54. The van der Waals surface area contributed by atoms with E-state index < -0.39 is 5.03 Å². The number of hydrogen-bond donors (Lipinski definition) is 1. The van der Waals surface area contributed by atoms with Crippen molar-refractivity contribution in [1.82, 2.24) is 10.2 Å². The second-order valence-corrected chi connectivity index (χ2v) is 5.06. The summed E-state index contributed by atoms with van der Waals surface area (Å²) in [6.07, 6.45) is 1.91. The molecule has 1 fully saturated rings. The SMILES string of the molecule is O=[N+]([O-])/N=C1\NCCN1C=C(c1ccccc1)c1ccccc1. The molecular formula is C17H16N4O2. The molecule has 0 aromatic heterocycles. The number of nitro groups is 1. The first kappa shape index (κ1) is 14.8. The zero-order chi connectivity index (χ0) is 16.1. The topological polar surface area (TPSA) is 70.8 Å². The lowest BCUT2D eigenvalue weighted by molar-refractivity contribution is -0.485. The third kappa shape index (κ3) is 3.55. The van der Waals surface area contributed by atoms with Crippen molar-refractivity contribution in [2.45, 2.75) is 0 Å². The summed E-state index contributed by atoms with van der Waals surface area (Å²) in [6, 6.07) is 19.9. The van der Waals surface area contributed by atoms with E-state index in [4.69, 9.17) is 0 Å². The Morgan fingerprint density at radius 2 is 1.65 bits per heavy atom. The van der Waals surface area contributed by atoms with Gasteiger partial charge in [-0.25, -0.2) is 10.1 Å². The van der Waals surface area contributed by atoms with E-state index in [9.17, 15) is 10.1 Å². The fourth-order valence-electron chi connectivity index (χ4n) is 2.50. The maximum Gasteiger partial charge on any atom is 0.275 e. The average molecular weight is 308 g/mol. The van der Waals surface area contributed by atoms with E-state index in [1.54, 1.807) is 4.90 Å². The minimum Gasteiger partial charge on any atom is -0.349 e. The van der Waals surface area contributed by atoms with Crippen molar-refractivity contribution in [2.24, 2.45) is 5.10 Å². The summed E-state index contributed by atoms with van der Waals surface area (Å²) in [5.74, 6) is 0.263. The largest absolute Gasteiger partial charge is 0.349 e. The van der Waals surface area contributed by atoms with Crippen LogP contribution in [0.25, 0.3) is 5.57 Å². The van der Waals surface area contributed by atoms with Gasteiger partial charge in [-0.05, 0) is 11.1 Å². The van der Waals surface area contributed by atoms with Crippen molar-refractivity contribution in [3.63, 3.8) is 0 Å². The van der Waals surface area contributed by atoms with Crippen LogP contribution in [-0.4, -0.2) is 29.0 Å². The molecule has 0 atom stereocenters. The summed E-state index contributed by atoms with van der Waals surface area (Å²) in [5, 5.41) is 16.3. The maximum absolute atomic E-state index is 10.7. The van der Waals surface area contributed by atoms with Gasteiger partial charge in [-0.1, -0.05) is 60.7 Å². The second kappa shape index (κ2) is 6.74. The normalized spacial score (nSPS) is 15.3. The number of benzene rings is 2. The summed E-state index contributed by atoms with van der Waals surface area (Å²) in [4.78, 5) is 12.4. The van der Waals surface area contributed by atoms with Crippen LogP contribution < -0.4 is 5.32 Å². The van der Waals surface area contributed by atoms with Crippen LogP contribution in [0.4, 0.5) is 0 Å². The van der Waals surface area contributed by atoms with Crippen molar-refractivity contribution < 1.29 is 5.03 Å². The lowest BCUT2D eigenvalue weighted by atomic mass is 9.99. The summed E-state index contributed by atoms with van der Waals surface area (Å²) < 4.78 is 0. The molecule has 1 saturated heterocycles. The monoisotopic (exact) mass is 308 g/mol. The molecule has 2 aromatic rings. The Hall–Kier alpha value is -3.15. The smallest absolute Gasteiger partial charge is 0.275 e. The second-order valence-electron chi connectivity index (χ2n) is 5.06. The van der Waals surface area contributed by atoms with Crippen LogP contribution >= 0.6 is 0 Å². The van der Waals surface area contributed by atoms with Crippen molar-refractivity contribution >= 4 is 11.5 Å². The summed E-state index contributed by atoms with van der Waals surface area (Å²) in [5.41, 5.74) is 3.09. The molecule has 0 amide bonds. The molecule has 0 spiro atoms. The van der Waals surface area contributed by atoms with Gasteiger partial charge in [0.15, 0.2) is 5.03 Å². The molecule has 2 aromatic carbocycles. The average Bonchev–Trinajstić information content (AvgIpc) is 3.00. The minimum absolute atomic E-state index is 0.263. The van der Waals surface area contributed by atoms with Crippen LogP contribution in [0.2, 0.25) is 0 Å². The Morgan fingerprint density at radius 3 is 2.17 bits per heavy atom. The maximum atomic E-state index is 10.7. The number of hydrogen-bond acceptors (Lipinski definition) is 2. The Labute approximate surface area is 133 Å². The number of nitrogens with one attached hydrogen (secondary N) is 1. The molecule has 0 saturated carbocycles. The molecule has 6 heteroatoms. The molecule has 0 radical (unpaired) electrons. The van der Waals surface area contributed by atoms with Gasteiger partial charge in [0.25, 0.3) is 5.96 Å². The van der Waals surface area contributed by atoms with Crippen molar-refractivity contribution in [3.05, 3.63) is 88.1 Å². The summed E-state index contributed by atoms with van der Waals surface area (Å²) >= 11 is 0. The fourth-order valence-corrected chi connectivity index (χ4v) is 2.50. The molecule has 1 N–H and O–H groups in total. The van der Waals surface area contributed by atoms with Crippen LogP contribution in [-0.2, 0) is 0 Å². The number of nitrogens with zero attached hydrogens (tertiary/aromatic N) is 3. The van der Waals surface area contributed by atoms with Crippen molar-refractivity contribution in [3.8, 4) is 0 Å². The van der Waals surface area contributed by atoms with Crippen LogP contribution in [0, 0.1) is 10.1 Å². The first-order chi connectivity index (χ1) is 11.2. The van der Waals surface area contributed by atoms with E-state index in [2.05, 4.69) is 10.4 Å². The molecule has 6 nitrogen and oxygen atoms in total. The first-order valence-corrected chi connectivity index (χ1v) is 7.30.